The molecule has 0 unspecified atom stereocenters. The maximum absolute atomic E-state index is 12.7. The van der Waals surface area contributed by atoms with Gasteiger partial charge < -0.3 is 0 Å². The number of hydrogen-bond donors (Lipinski definition) is 1. The lowest BCUT2D eigenvalue weighted by atomic mass is 10.1. The van der Waals surface area contributed by atoms with E-state index in [0.717, 1.165) is 17.0 Å². The van der Waals surface area contributed by atoms with Crippen molar-refractivity contribution in [2.45, 2.75) is 45.1 Å². The van der Waals surface area contributed by atoms with E-state index >= 15 is 0 Å². The van der Waals surface area contributed by atoms with Crippen LogP contribution in [0.4, 0.5) is 5.13 Å². The van der Waals surface area contributed by atoms with E-state index in [-0.39, 0.29) is 11.4 Å². The Morgan fingerprint density at radius 1 is 1.23 bits per heavy atom. The minimum Gasteiger partial charge on any atom is -0.296 e. The fraction of sp³-hybridized carbons (Fsp3) is 0.350. The van der Waals surface area contributed by atoms with Crippen LogP contribution in [-0.4, -0.2) is 20.7 Å². The largest absolute Gasteiger partial charge is 0.296 e. The number of amides is 1. The zero-order chi connectivity index (χ0) is 18.3. The van der Waals surface area contributed by atoms with Gasteiger partial charge in [-0.15, -0.1) is 11.3 Å². The molecule has 2 heterocycles. The fourth-order valence-corrected chi connectivity index (χ4v) is 3.66. The molecule has 4 rings (SSSR count). The van der Waals surface area contributed by atoms with E-state index in [0.29, 0.717) is 16.7 Å². The number of carbonyl (C=O) groups excluding carboxylic acids is 1. The number of rotatable bonds is 4. The van der Waals surface area contributed by atoms with Gasteiger partial charge in [-0.2, -0.15) is 5.10 Å². The molecular formula is C20H22N4OS. The molecule has 2 aromatic heterocycles. The van der Waals surface area contributed by atoms with Crippen LogP contribution in [0.3, 0.4) is 0 Å². The monoisotopic (exact) mass is 366 g/mol. The second-order valence-corrected chi connectivity index (χ2v) is 8.53. The summed E-state index contributed by atoms with van der Waals surface area (Å²) < 4.78 is 2.00. The molecule has 1 amide bonds. The Kier molecular flexibility index (Phi) is 4.15. The maximum atomic E-state index is 12.7. The van der Waals surface area contributed by atoms with Gasteiger partial charge in [0.05, 0.1) is 11.2 Å². The van der Waals surface area contributed by atoms with Gasteiger partial charge in [0.2, 0.25) is 0 Å². The first-order chi connectivity index (χ1) is 12.4. The quantitative estimate of drug-likeness (QED) is 0.715. The van der Waals surface area contributed by atoms with Gasteiger partial charge in [-0.25, -0.2) is 4.98 Å². The number of benzene rings is 1. The number of aromatic nitrogens is 3. The highest BCUT2D eigenvalue weighted by Gasteiger charge is 2.32. The van der Waals surface area contributed by atoms with Crippen molar-refractivity contribution in [2.24, 2.45) is 0 Å². The summed E-state index contributed by atoms with van der Waals surface area (Å²) in [4.78, 5) is 17.2. The number of thiazole rings is 1. The summed E-state index contributed by atoms with van der Waals surface area (Å²) in [5.41, 5.74) is 3.38. The number of nitrogens with zero attached hydrogens (tertiary/aromatic N) is 3. The predicted molar refractivity (Wildman–Crippen MR) is 105 cm³/mol. The zero-order valence-corrected chi connectivity index (χ0v) is 16.0. The molecule has 1 N–H and O–H groups in total. The van der Waals surface area contributed by atoms with E-state index in [1.807, 2.05) is 46.5 Å². The summed E-state index contributed by atoms with van der Waals surface area (Å²) in [6.45, 7) is 6.33. The Balaban J connectivity index is 1.55. The second kappa shape index (κ2) is 6.36. The molecule has 0 bridgehead atoms. The molecule has 0 aliphatic heterocycles. The highest BCUT2D eigenvalue weighted by atomic mass is 32.1. The number of hydrogen-bond acceptors (Lipinski definition) is 4. The van der Waals surface area contributed by atoms with Crippen molar-refractivity contribution in [2.75, 3.05) is 5.32 Å². The van der Waals surface area contributed by atoms with Crippen molar-refractivity contribution < 1.29 is 4.79 Å². The predicted octanol–water partition coefficient (Wildman–Crippen LogP) is 4.89. The molecule has 0 spiro atoms. The molecular weight excluding hydrogens is 344 g/mol. The van der Waals surface area contributed by atoms with Crippen LogP contribution in [0, 0.1) is 0 Å². The lowest BCUT2D eigenvalue weighted by Gasteiger charge is -2.22. The summed E-state index contributed by atoms with van der Waals surface area (Å²) in [7, 11) is 0. The van der Waals surface area contributed by atoms with Gasteiger partial charge in [0.15, 0.2) is 10.8 Å². The van der Waals surface area contributed by atoms with Crippen LogP contribution in [0.25, 0.3) is 11.3 Å². The van der Waals surface area contributed by atoms with Crippen molar-refractivity contribution in [3.8, 4) is 11.3 Å². The van der Waals surface area contributed by atoms with E-state index in [2.05, 4.69) is 36.2 Å². The SMILES string of the molecule is CC(C)(C)n1nc(C(=O)Nc2nc(-c3ccccc3)cs2)cc1C1CC1. The van der Waals surface area contributed by atoms with E-state index in [1.165, 1.54) is 24.2 Å². The Bertz CT molecular complexity index is 932. The molecule has 1 saturated carbocycles. The molecule has 1 aliphatic carbocycles. The Hall–Kier alpha value is -2.47. The third-order valence-electron chi connectivity index (χ3n) is 4.39. The standard InChI is InChI=1S/C20H22N4OS/c1-20(2,3)24-17(14-9-10-14)11-15(23-24)18(25)22-19-21-16(12-26-19)13-7-5-4-6-8-13/h4-8,11-12,14H,9-10H2,1-3H3,(H,21,22,25). The van der Waals surface area contributed by atoms with Crippen molar-refractivity contribution in [1.82, 2.24) is 14.8 Å². The van der Waals surface area contributed by atoms with Crippen molar-refractivity contribution in [1.29, 1.82) is 0 Å². The molecule has 1 aromatic carbocycles. The Morgan fingerprint density at radius 3 is 2.62 bits per heavy atom. The average molecular weight is 366 g/mol. The van der Waals surface area contributed by atoms with E-state index in [4.69, 9.17) is 0 Å². The first-order valence-electron chi connectivity index (χ1n) is 8.84. The summed E-state index contributed by atoms with van der Waals surface area (Å²) in [6, 6.07) is 11.9. The first kappa shape index (κ1) is 17.0. The third kappa shape index (κ3) is 3.42. The Morgan fingerprint density at radius 2 is 1.96 bits per heavy atom. The molecule has 6 heteroatoms. The molecule has 5 nitrogen and oxygen atoms in total. The van der Waals surface area contributed by atoms with Crippen molar-refractivity contribution in [3.63, 3.8) is 0 Å². The van der Waals surface area contributed by atoms with E-state index < -0.39 is 0 Å². The fourth-order valence-electron chi connectivity index (χ4n) is 2.95. The van der Waals surface area contributed by atoms with Gasteiger partial charge in [-0.1, -0.05) is 30.3 Å². The van der Waals surface area contributed by atoms with Gasteiger partial charge in [0.1, 0.15) is 0 Å². The average Bonchev–Trinajstić information content (AvgIpc) is 3.17. The van der Waals surface area contributed by atoms with Crippen LogP contribution >= 0.6 is 11.3 Å². The highest BCUT2D eigenvalue weighted by Crippen LogP contribution is 2.41. The lowest BCUT2D eigenvalue weighted by molar-refractivity contribution is 0.102. The normalized spacial score (nSPS) is 14.4. The van der Waals surface area contributed by atoms with Crippen molar-refractivity contribution >= 4 is 22.4 Å². The Labute approximate surface area is 157 Å². The van der Waals surface area contributed by atoms with Crippen LogP contribution in [0.2, 0.25) is 0 Å². The molecule has 26 heavy (non-hydrogen) atoms. The third-order valence-corrected chi connectivity index (χ3v) is 5.15. The second-order valence-electron chi connectivity index (χ2n) is 7.67. The summed E-state index contributed by atoms with van der Waals surface area (Å²) >= 11 is 1.42. The lowest BCUT2D eigenvalue weighted by Crippen LogP contribution is -2.25. The molecule has 1 aliphatic rings. The van der Waals surface area contributed by atoms with Gasteiger partial charge >= 0.3 is 0 Å². The number of anilines is 1. The topological polar surface area (TPSA) is 59.8 Å². The molecule has 0 saturated heterocycles. The van der Waals surface area contributed by atoms with Crippen LogP contribution in [0.5, 0.6) is 0 Å². The molecule has 3 aromatic rings. The van der Waals surface area contributed by atoms with Gasteiger partial charge in [-0.05, 0) is 39.7 Å². The summed E-state index contributed by atoms with van der Waals surface area (Å²) in [5.74, 6) is 0.330. The molecule has 134 valence electrons. The minimum atomic E-state index is -0.205. The van der Waals surface area contributed by atoms with Crippen LogP contribution in [0.15, 0.2) is 41.8 Å². The number of nitrogens with one attached hydrogen (secondary N) is 1. The van der Waals surface area contributed by atoms with Gasteiger partial charge in [-0.3, -0.25) is 14.8 Å². The van der Waals surface area contributed by atoms with Gasteiger partial charge in [0.25, 0.3) is 5.91 Å². The summed E-state index contributed by atoms with van der Waals surface area (Å²) in [6.07, 6.45) is 2.35. The zero-order valence-electron chi connectivity index (χ0n) is 15.2. The van der Waals surface area contributed by atoms with E-state index in [1.54, 1.807) is 0 Å². The smallest absolute Gasteiger partial charge is 0.277 e. The minimum absolute atomic E-state index is 0.141. The van der Waals surface area contributed by atoms with Crippen LogP contribution in [-0.2, 0) is 5.54 Å². The first-order valence-corrected chi connectivity index (χ1v) is 9.72. The highest BCUT2D eigenvalue weighted by molar-refractivity contribution is 7.14. The maximum Gasteiger partial charge on any atom is 0.277 e. The number of carbonyl (C=O) groups is 1. The van der Waals surface area contributed by atoms with Crippen LogP contribution < -0.4 is 5.32 Å². The summed E-state index contributed by atoms with van der Waals surface area (Å²) in [5, 5.41) is 10.0. The molecule has 0 radical (unpaired) electrons. The van der Waals surface area contributed by atoms with Crippen molar-refractivity contribution in [3.05, 3.63) is 53.2 Å². The van der Waals surface area contributed by atoms with Gasteiger partial charge in [0, 0.05) is 22.6 Å². The molecule has 0 atom stereocenters. The van der Waals surface area contributed by atoms with Crippen LogP contribution in [0.1, 0.15) is 55.7 Å². The van der Waals surface area contributed by atoms with E-state index in [9.17, 15) is 4.79 Å². The molecule has 1 fully saturated rings.